The first-order valence-corrected chi connectivity index (χ1v) is 10.0. The van der Waals surface area contributed by atoms with E-state index in [9.17, 15) is 13.5 Å². The third-order valence-corrected chi connectivity index (χ3v) is 5.46. The van der Waals surface area contributed by atoms with Crippen LogP contribution in [0.3, 0.4) is 0 Å². The van der Waals surface area contributed by atoms with Crippen LogP contribution in [-0.4, -0.2) is 26.8 Å². The number of hydrogen-bond acceptors (Lipinski definition) is 5. The second kappa shape index (κ2) is 8.33. The number of aromatic hydroxyl groups is 1. The predicted molar refractivity (Wildman–Crippen MR) is 111 cm³/mol. The lowest BCUT2D eigenvalue weighted by atomic mass is 10.2. The third kappa shape index (κ3) is 4.62. The van der Waals surface area contributed by atoms with E-state index in [1.54, 1.807) is 54.6 Å². The Balaban J connectivity index is 1.85. The van der Waals surface area contributed by atoms with Crippen LogP contribution in [0.15, 0.2) is 76.6 Å². The molecule has 0 aliphatic heterocycles. The number of rotatable bonds is 6. The van der Waals surface area contributed by atoms with Crippen molar-refractivity contribution in [1.29, 1.82) is 0 Å². The van der Waals surface area contributed by atoms with Crippen LogP contribution < -0.4 is 9.46 Å². The summed E-state index contributed by atoms with van der Waals surface area (Å²) in [5.41, 5.74) is 1.27. The van der Waals surface area contributed by atoms with Gasteiger partial charge in [-0.25, -0.2) is 8.42 Å². The molecule has 0 saturated heterocycles. The molecule has 6 nitrogen and oxygen atoms in total. The first-order chi connectivity index (χ1) is 13.4. The van der Waals surface area contributed by atoms with Gasteiger partial charge in [-0.05, 0) is 54.6 Å². The van der Waals surface area contributed by atoms with E-state index in [0.29, 0.717) is 27.7 Å². The van der Waals surface area contributed by atoms with Crippen molar-refractivity contribution in [3.05, 3.63) is 77.3 Å². The van der Waals surface area contributed by atoms with E-state index in [0.717, 1.165) is 0 Å². The lowest BCUT2D eigenvalue weighted by molar-refractivity contribution is 0.373. The van der Waals surface area contributed by atoms with Crippen LogP contribution in [-0.2, 0) is 10.0 Å². The SMILES string of the molecule is COc1cccc(C=Nc2cccc(S(=O)(=O)Nc3ccc(Cl)cc3)c2)c1O. The lowest BCUT2D eigenvalue weighted by Gasteiger charge is -2.08. The van der Waals surface area contributed by atoms with Crippen molar-refractivity contribution in [2.24, 2.45) is 4.99 Å². The molecule has 8 heteroatoms. The molecule has 0 fully saturated rings. The van der Waals surface area contributed by atoms with E-state index >= 15 is 0 Å². The molecular weight excluding hydrogens is 400 g/mol. The fraction of sp³-hybridized carbons (Fsp3) is 0.0500. The second-order valence-electron chi connectivity index (χ2n) is 5.77. The molecule has 0 aromatic heterocycles. The summed E-state index contributed by atoms with van der Waals surface area (Å²) in [6.45, 7) is 0. The zero-order valence-electron chi connectivity index (χ0n) is 14.8. The van der Waals surface area contributed by atoms with Gasteiger partial charge in [-0.15, -0.1) is 0 Å². The molecule has 0 spiro atoms. The van der Waals surface area contributed by atoms with E-state index in [1.807, 2.05) is 0 Å². The van der Waals surface area contributed by atoms with Crippen molar-refractivity contribution in [2.75, 3.05) is 11.8 Å². The van der Waals surface area contributed by atoms with Gasteiger partial charge in [0.1, 0.15) is 0 Å². The van der Waals surface area contributed by atoms with E-state index in [2.05, 4.69) is 9.71 Å². The van der Waals surface area contributed by atoms with Crippen LogP contribution in [0.5, 0.6) is 11.5 Å². The van der Waals surface area contributed by atoms with E-state index < -0.39 is 10.0 Å². The standard InChI is InChI=1S/C20H17ClN2O4S/c1-27-19-7-2-4-14(20(19)24)13-22-17-5-3-6-18(12-17)28(25,26)23-16-10-8-15(21)9-11-16/h2-13,23-24H,1H3. The molecule has 0 radical (unpaired) electrons. The summed E-state index contributed by atoms with van der Waals surface area (Å²) in [7, 11) is -2.33. The zero-order chi connectivity index (χ0) is 20.1. The molecule has 0 amide bonds. The molecule has 0 unspecified atom stereocenters. The highest BCUT2D eigenvalue weighted by atomic mass is 35.5. The average molecular weight is 417 g/mol. The number of nitrogens with zero attached hydrogens (tertiary/aromatic N) is 1. The Bertz CT molecular complexity index is 1110. The monoisotopic (exact) mass is 416 g/mol. The number of anilines is 1. The first kappa shape index (κ1) is 19.7. The smallest absolute Gasteiger partial charge is 0.261 e. The third-order valence-electron chi connectivity index (χ3n) is 3.83. The van der Waals surface area contributed by atoms with Gasteiger partial charge in [-0.3, -0.25) is 9.71 Å². The Morgan fingerprint density at radius 2 is 1.79 bits per heavy atom. The maximum Gasteiger partial charge on any atom is 0.261 e. The van der Waals surface area contributed by atoms with Gasteiger partial charge in [0.05, 0.1) is 17.7 Å². The van der Waals surface area contributed by atoms with Crippen molar-refractivity contribution in [1.82, 2.24) is 0 Å². The molecule has 0 aliphatic rings. The summed E-state index contributed by atoms with van der Waals surface area (Å²) in [4.78, 5) is 4.32. The number of para-hydroxylation sites is 1. The predicted octanol–water partition coefficient (Wildman–Crippen LogP) is 4.61. The number of benzene rings is 3. The van der Waals surface area contributed by atoms with Crippen LogP contribution >= 0.6 is 11.6 Å². The minimum atomic E-state index is -3.79. The maximum atomic E-state index is 12.6. The van der Waals surface area contributed by atoms with Gasteiger partial charge >= 0.3 is 0 Å². The topological polar surface area (TPSA) is 88.0 Å². The molecule has 2 N–H and O–H groups in total. The number of aliphatic imine (C=N–C) groups is 1. The molecule has 0 heterocycles. The molecule has 0 atom stereocenters. The normalized spacial score (nSPS) is 11.5. The van der Waals surface area contributed by atoms with Gasteiger partial charge in [-0.2, -0.15) is 0 Å². The summed E-state index contributed by atoms with van der Waals surface area (Å²) >= 11 is 5.82. The van der Waals surface area contributed by atoms with Gasteiger partial charge in [0, 0.05) is 22.5 Å². The molecule has 3 rings (SSSR count). The van der Waals surface area contributed by atoms with Crippen molar-refractivity contribution in [3.8, 4) is 11.5 Å². The minimum absolute atomic E-state index is 0.0399. The van der Waals surface area contributed by atoms with E-state index in [-0.39, 0.29) is 10.6 Å². The highest BCUT2D eigenvalue weighted by molar-refractivity contribution is 7.92. The summed E-state index contributed by atoms with van der Waals surface area (Å²) in [5, 5.41) is 10.6. The van der Waals surface area contributed by atoms with Gasteiger partial charge < -0.3 is 9.84 Å². The zero-order valence-corrected chi connectivity index (χ0v) is 16.4. The number of phenols is 1. The number of phenolic OH excluding ortho intramolecular Hbond substituents is 1. The fourth-order valence-corrected chi connectivity index (χ4v) is 3.64. The lowest BCUT2D eigenvalue weighted by Crippen LogP contribution is -2.12. The van der Waals surface area contributed by atoms with E-state index in [1.165, 1.54) is 25.5 Å². The maximum absolute atomic E-state index is 12.6. The number of methoxy groups -OCH3 is 1. The molecule has 144 valence electrons. The Kier molecular flexibility index (Phi) is 5.87. The molecule has 28 heavy (non-hydrogen) atoms. The highest BCUT2D eigenvalue weighted by Crippen LogP contribution is 2.29. The van der Waals surface area contributed by atoms with Gasteiger partial charge in [-0.1, -0.05) is 23.7 Å². The van der Waals surface area contributed by atoms with Crippen molar-refractivity contribution in [2.45, 2.75) is 4.90 Å². The number of nitrogens with one attached hydrogen (secondary N) is 1. The average Bonchev–Trinajstić information content (AvgIpc) is 2.69. The first-order valence-electron chi connectivity index (χ1n) is 8.17. The number of sulfonamides is 1. The minimum Gasteiger partial charge on any atom is -0.504 e. The molecular formula is C20H17ClN2O4S. The van der Waals surface area contributed by atoms with Crippen molar-refractivity contribution >= 4 is 39.2 Å². The Morgan fingerprint density at radius 3 is 2.50 bits per heavy atom. The van der Waals surface area contributed by atoms with Crippen LogP contribution in [0, 0.1) is 0 Å². The number of halogens is 1. The Hall–Kier alpha value is -3.03. The molecule has 3 aromatic rings. The molecule has 3 aromatic carbocycles. The summed E-state index contributed by atoms with van der Waals surface area (Å²) < 4.78 is 32.7. The van der Waals surface area contributed by atoms with E-state index in [4.69, 9.17) is 16.3 Å². The summed E-state index contributed by atoms with van der Waals surface area (Å²) in [5.74, 6) is 0.286. The highest BCUT2D eigenvalue weighted by Gasteiger charge is 2.14. The second-order valence-corrected chi connectivity index (χ2v) is 7.88. The van der Waals surface area contributed by atoms with Gasteiger partial charge in [0.2, 0.25) is 0 Å². The van der Waals surface area contributed by atoms with Crippen LogP contribution in [0.25, 0.3) is 0 Å². The summed E-state index contributed by atoms with van der Waals surface area (Å²) in [6.07, 6.45) is 1.44. The molecule has 0 aliphatic carbocycles. The fourth-order valence-electron chi connectivity index (χ4n) is 2.42. The Morgan fingerprint density at radius 1 is 1.07 bits per heavy atom. The largest absolute Gasteiger partial charge is 0.504 e. The molecule has 0 saturated carbocycles. The number of ether oxygens (including phenoxy) is 1. The van der Waals surface area contributed by atoms with Crippen LogP contribution in [0.2, 0.25) is 5.02 Å². The quantitative estimate of drug-likeness (QED) is 0.574. The number of hydrogen-bond donors (Lipinski definition) is 2. The Labute approximate surface area is 168 Å². The van der Waals surface area contributed by atoms with Gasteiger partial charge in [0.15, 0.2) is 11.5 Å². The van der Waals surface area contributed by atoms with Crippen molar-refractivity contribution in [3.63, 3.8) is 0 Å². The van der Waals surface area contributed by atoms with Crippen molar-refractivity contribution < 1.29 is 18.3 Å². The van der Waals surface area contributed by atoms with Crippen LogP contribution in [0.1, 0.15) is 5.56 Å². The molecule has 0 bridgehead atoms. The summed E-state index contributed by atoms with van der Waals surface area (Å²) in [6, 6.07) is 17.5. The van der Waals surface area contributed by atoms with Gasteiger partial charge in [0.25, 0.3) is 10.0 Å². The van der Waals surface area contributed by atoms with Crippen LogP contribution in [0.4, 0.5) is 11.4 Å².